The van der Waals surface area contributed by atoms with Crippen LogP contribution in [0.5, 0.6) is 5.75 Å². The minimum Gasteiger partial charge on any atom is -0.497 e. The number of ketones is 1. The smallest absolute Gasteiger partial charge is 0.316 e. The lowest BCUT2D eigenvalue weighted by Crippen LogP contribution is -2.24. The highest BCUT2D eigenvalue weighted by Gasteiger charge is 2.16. The minimum atomic E-state index is -0.467. The van der Waals surface area contributed by atoms with Gasteiger partial charge in [-0.25, -0.2) is 0 Å². The molecule has 0 saturated heterocycles. The van der Waals surface area contributed by atoms with Crippen LogP contribution in [0, 0.1) is 0 Å². The van der Waals surface area contributed by atoms with Crippen LogP contribution >= 0.6 is 11.8 Å². The SMILES string of the molecule is COc1ccc(C(=O)c2cccn2C/C=C/c2ccc(SCC(=O)OC(C)(C)C)cc2)cc1. The number of hydrogen-bond donors (Lipinski definition) is 0. The summed E-state index contributed by atoms with van der Waals surface area (Å²) in [5.74, 6) is 0.759. The van der Waals surface area contributed by atoms with Crippen molar-refractivity contribution in [1.82, 2.24) is 4.57 Å². The number of thioether (sulfide) groups is 1. The van der Waals surface area contributed by atoms with Gasteiger partial charge in [-0.2, -0.15) is 0 Å². The molecule has 3 rings (SSSR count). The van der Waals surface area contributed by atoms with E-state index in [1.807, 2.05) is 80.1 Å². The molecule has 0 amide bonds. The van der Waals surface area contributed by atoms with Gasteiger partial charge in [0.25, 0.3) is 0 Å². The summed E-state index contributed by atoms with van der Waals surface area (Å²) in [5.41, 5.74) is 1.84. The van der Waals surface area contributed by atoms with Crippen LogP contribution in [-0.4, -0.2) is 34.8 Å². The van der Waals surface area contributed by atoms with Crippen molar-refractivity contribution in [2.75, 3.05) is 12.9 Å². The fraction of sp³-hybridized carbons (Fsp3) is 0.259. The Morgan fingerprint density at radius 2 is 1.70 bits per heavy atom. The van der Waals surface area contributed by atoms with Crippen LogP contribution in [0.4, 0.5) is 0 Å². The first kappa shape index (κ1) is 24.4. The molecular formula is C27H29NO4S. The summed E-state index contributed by atoms with van der Waals surface area (Å²) in [4.78, 5) is 25.7. The lowest BCUT2D eigenvalue weighted by Gasteiger charge is -2.19. The number of methoxy groups -OCH3 is 1. The van der Waals surface area contributed by atoms with Crippen LogP contribution < -0.4 is 4.74 Å². The van der Waals surface area contributed by atoms with Gasteiger partial charge in [0.05, 0.1) is 18.6 Å². The lowest BCUT2D eigenvalue weighted by molar-refractivity contribution is -0.151. The molecule has 1 aromatic heterocycles. The third-order valence-corrected chi connectivity index (χ3v) is 5.67. The molecule has 5 nitrogen and oxygen atoms in total. The number of carbonyl (C=O) groups excluding carboxylic acids is 2. The van der Waals surface area contributed by atoms with E-state index in [-0.39, 0.29) is 17.5 Å². The van der Waals surface area contributed by atoms with Crippen molar-refractivity contribution < 1.29 is 19.1 Å². The summed E-state index contributed by atoms with van der Waals surface area (Å²) >= 11 is 1.46. The first-order valence-electron chi connectivity index (χ1n) is 10.7. The van der Waals surface area contributed by atoms with E-state index in [0.717, 1.165) is 16.2 Å². The fourth-order valence-corrected chi connectivity index (χ4v) is 3.83. The van der Waals surface area contributed by atoms with Gasteiger partial charge in [-0.05, 0) is 74.9 Å². The standard InChI is InChI=1S/C27H29NO4S/c1-27(2,3)32-25(29)19-33-23-15-9-20(10-16-23)7-5-17-28-18-6-8-24(28)26(30)21-11-13-22(31-4)14-12-21/h5-16,18H,17,19H2,1-4H3/b7-5+. The average molecular weight is 464 g/mol. The molecular weight excluding hydrogens is 434 g/mol. The number of aromatic nitrogens is 1. The summed E-state index contributed by atoms with van der Waals surface area (Å²) in [6, 6.07) is 18.8. The lowest BCUT2D eigenvalue weighted by atomic mass is 10.1. The molecule has 0 spiro atoms. The summed E-state index contributed by atoms with van der Waals surface area (Å²) in [6.07, 6.45) is 5.94. The van der Waals surface area contributed by atoms with Crippen LogP contribution in [-0.2, 0) is 16.1 Å². The maximum absolute atomic E-state index is 12.9. The van der Waals surface area contributed by atoms with Gasteiger partial charge in [0.1, 0.15) is 11.4 Å². The molecule has 33 heavy (non-hydrogen) atoms. The molecule has 6 heteroatoms. The molecule has 172 valence electrons. The Bertz CT molecular complexity index is 1110. The molecule has 0 N–H and O–H groups in total. The normalized spacial score (nSPS) is 11.5. The summed E-state index contributed by atoms with van der Waals surface area (Å²) in [6.45, 7) is 6.17. The van der Waals surface area contributed by atoms with Crippen molar-refractivity contribution in [3.8, 4) is 5.75 Å². The van der Waals surface area contributed by atoms with E-state index in [4.69, 9.17) is 9.47 Å². The van der Waals surface area contributed by atoms with Gasteiger partial charge >= 0.3 is 5.97 Å². The molecule has 0 radical (unpaired) electrons. The van der Waals surface area contributed by atoms with E-state index in [9.17, 15) is 9.59 Å². The van der Waals surface area contributed by atoms with E-state index < -0.39 is 5.60 Å². The minimum absolute atomic E-state index is 0.0255. The number of allylic oxidation sites excluding steroid dienone is 1. The largest absolute Gasteiger partial charge is 0.497 e. The van der Waals surface area contributed by atoms with Crippen LogP contribution in [0.15, 0.2) is 77.8 Å². The van der Waals surface area contributed by atoms with E-state index in [1.54, 1.807) is 31.4 Å². The maximum Gasteiger partial charge on any atom is 0.316 e. The van der Waals surface area contributed by atoms with E-state index in [2.05, 4.69) is 0 Å². The van der Waals surface area contributed by atoms with Gasteiger partial charge in [-0.3, -0.25) is 9.59 Å². The van der Waals surface area contributed by atoms with Crippen LogP contribution in [0.3, 0.4) is 0 Å². The quantitative estimate of drug-likeness (QED) is 0.225. The number of hydrogen-bond acceptors (Lipinski definition) is 5. The third-order valence-electron chi connectivity index (χ3n) is 4.68. The maximum atomic E-state index is 12.9. The Labute approximate surface area is 199 Å². The second-order valence-corrected chi connectivity index (χ2v) is 9.50. The fourth-order valence-electron chi connectivity index (χ4n) is 3.16. The van der Waals surface area contributed by atoms with Gasteiger partial charge in [-0.1, -0.05) is 24.3 Å². The molecule has 0 unspecified atom stereocenters. The van der Waals surface area contributed by atoms with Gasteiger partial charge in [0.15, 0.2) is 0 Å². The molecule has 0 fully saturated rings. The number of rotatable bonds is 9. The molecule has 2 aromatic carbocycles. The van der Waals surface area contributed by atoms with Crippen molar-refractivity contribution >= 4 is 29.6 Å². The number of esters is 1. The Morgan fingerprint density at radius 1 is 1.00 bits per heavy atom. The zero-order valence-electron chi connectivity index (χ0n) is 19.4. The molecule has 0 atom stereocenters. The zero-order valence-corrected chi connectivity index (χ0v) is 20.2. The topological polar surface area (TPSA) is 57.5 Å². The van der Waals surface area contributed by atoms with Crippen molar-refractivity contribution in [3.05, 3.63) is 89.8 Å². The highest BCUT2D eigenvalue weighted by atomic mass is 32.2. The Balaban J connectivity index is 1.56. The molecule has 3 aromatic rings. The number of carbonyl (C=O) groups is 2. The Hall–Kier alpha value is -3.25. The first-order chi connectivity index (χ1) is 15.7. The first-order valence-corrected chi connectivity index (χ1v) is 11.7. The van der Waals surface area contributed by atoms with Crippen molar-refractivity contribution in [2.45, 2.75) is 37.8 Å². The summed E-state index contributed by atoms with van der Waals surface area (Å²) in [7, 11) is 1.60. The monoisotopic (exact) mass is 463 g/mol. The Morgan fingerprint density at radius 3 is 2.33 bits per heavy atom. The van der Waals surface area contributed by atoms with E-state index >= 15 is 0 Å². The molecule has 0 bridgehead atoms. The molecule has 1 heterocycles. The second kappa shape index (κ2) is 11.1. The summed E-state index contributed by atoms with van der Waals surface area (Å²) < 4.78 is 12.4. The van der Waals surface area contributed by atoms with Gasteiger partial charge in [-0.15, -0.1) is 11.8 Å². The van der Waals surface area contributed by atoms with Crippen LogP contribution in [0.2, 0.25) is 0 Å². The number of nitrogens with zero attached hydrogens (tertiary/aromatic N) is 1. The highest BCUT2D eigenvalue weighted by molar-refractivity contribution is 8.00. The van der Waals surface area contributed by atoms with Gasteiger partial charge < -0.3 is 14.0 Å². The second-order valence-electron chi connectivity index (χ2n) is 8.45. The average Bonchev–Trinajstić information content (AvgIpc) is 3.25. The van der Waals surface area contributed by atoms with E-state index in [1.165, 1.54) is 11.8 Å². The molecule has 0 aliphatic rings. The van der Waals surface area contributed by atoms with Crippen molar-refractivity contribution in [3.63, 3.8) is 0 Å². The van der Waals surface area contributed by atoms with Gasteiger partial charge in [0.2, 0.25) is 5.78 Å². The zero-order chi connectivity index (χ0) is 23.8. The number of benzene rings is 2. The van der Waals surface area contributed by atoms with Crippen molar-refractivity contribution in [1.29, 1.82) is 0 Å². The van der Waals surface area contributed by atoms with Crippen molar-refractivity contribution in [2.24, 2.45) is 0 Å². The summed E-state index contributed by atoms with van der Waals surface area (Å²) in [5, 5.41) is 0. The van der Waals surface area contributed by atoms with Gasteiger partial charge in [0, 0.05) is 23.2 Å². The van der Waals surface area contributed by atoms with E-state index in [0.29, 0.717) is 17.8 Å². The predicted molar refractivity (Wildman–Crippen MR) is 133 cm³/mol. The molecule has 0 aliphatic carbocycles. The molecule has 0 aliphatic heterocycles. The third kappa shape index (κ3) is 7.39. The predicted octanol–water partition coefficient (Wildman–Crippen LogP) is 5.87. The Kier molecular flexibility index (Phi) is 8.17. The highest BCUT2D eigenvalue weighted by Crippen LogP contribution is 2.21. The molecule has 0 saturated carbocycles. The number of ether oxygens (including phenoxy) is 2. The van der Waals surface area contributed by atoms with Crippen LogP contribution in [0.25, 0.3) is 6.08 Å². The van der Waals surface area contributed by atoms with Crippen LogP contribution in [0.1, 0.15) is 42.4 Å².